The van der Waals surface area contributed by atoms with Gasteiger partial charge in [0.25, 0.3) is 5.91 Å². The fourth-order valence-electron chi connectivity index (χ4n) is 2.53. The number of nitrogens with one attached hydrogen (secondary N) is 1. The van der Waals surface area contributed by atoms with Crippen LogP contribution in [0.25, 0.3) is 0 Å². The molecule has 0 saturated heterocycles. The van der Waals surface area contributed by atoms with E-state index >= 15 is 0 Å². The SMILES string of the molecule is N#Cc1ccc(OCC(=O)N[C@H]2CCc3nccn3C2)cc1. The molecule has 1 aromatic heterocycles. The van der Waals surface area contributed by atoms with Crippen LogP contribution in [0.15, 0.2) is 36.7 Å². The lowest BCUT2D eigenvalue weighted by molar-refractivity contribution is -0.124. The highest BCUT2D eigenvalue weighted by atomic mass is 16.5. The van der Waals surface area contributed by atoms with Gasteiger partial charge in [-0.3, -0.25) is 4.79 Å². The Kier molecular flexibility index (Phi) is 4.05. The van der Waals surface area contributed by atoms with Crippen molar-refractivity contribution < 1.29 is 9.53 Å². The number of carbonyl (C=O) groups is 1. The van der Waals surface area contributed by atoms with Crippen molar-refractivity contribution in [2.24, 2.45) is 0 Å². The van der Waals surface area contributed by atoms with Gasteiger partial charge >= 0.3 is 0 Å². The zero-order valence-corrected chi connectivity index (χ0v) is 12.0. The summed E-state index contributed by atoms with van der Waals surface area (Å²) in [7, 11) is 0. The lowest BCUT2D eigenvalue weighted by Crippen LogP contribution is -2.42. The van der Waals surface area contributed by atoms with E-state index in [1.807, 2.05) is 12.3 Å². The van der Waals surface area contributed by atoms with Crippen LogP contribution in [0.4, 0.5) is 0 Å². The van der Waals surface area contributed by atoms with Crippen LogP contribution in [-0.4, -0.2) is 28.1 Å². The zero-order valence-electron chi connectivity index (χ0n) is 12.0. The quantitative estimate of drug-likeness (QED) is 0.921. The van der Waals surface area contributed by atoms with Crippen molar-refractivity contribution >= 4 is 5.91 Å². The van der Waals surface area contributed by atoms with E-state index in [9.17, 15) is 4.79 Å². The van der Waals surface area contributed by atoms with Gasteiger partial charge in [0.15, 0.2) is 6.61 Å². The van der Waals surface area contributed by atoms with E-state index in [0.717, 1.165) is 25.2 Å². The first-order valence-corrected chi connectivity index (χ1v) is 7.17. The Bertz CT molecular complexity index is 700. The molecule has 0 radical (unpaired) electrons. The molecule has 0 fully saturated rings. The van der Waals surface area contributed by atoms with Crippen molar-refractivity contribution in [3.63, 3.8) is 0 Å². The number of aromatic nitrogens is 2. The second kappa shape index (κ2) is 6.31. The molecule has 1 N–H and O–H groups in total. The van der Waals surface area contributed by atoms with E-state index in [-0.39, 0.29) is 18.6 Å². The highest BCUT2D eigenvalue weighted by Gasteiger charge is 2.20. The number of ether oxygens (including phenoxy) is 1. The summed E-state index contributed by atoms with van der Waals surface area (Å²) in [4.78, 5) is 16.2. The number of benzene rings is 1. The molecule has 1 aliphatic rings. The maximum atomic E-state index is 11.9. The minimum absolute atomic E-state index is 0.0286. The zero-order chi connectivity index (χ0) is 15.4. The Hall–Kier alpha value is -2.81. The Balaban J connectivity index is 1.47. The van der Waals surface area contributed by atoms with Gasteiger partial charge in [0.05, 0.1) is 11.6 Å². The molecule has 2 heterocycles. The molecule has 0 bridgehead atoms. The summed E-state index contributed by atoms with van der Waals surface area (Å²) in [6.45, 7) is 0.719. The van der Waals surface area contributed by atoms with Gasteiger partial charge in [-0.2, -0.15) is 5.26 Å². The van der Waals surface area contributed by atoms with Crippen LogP contribution in [0.1, 0.15) is 17.8 Å². The fourth-order valence-corrected chi connectivity index (χ4v) is 2.53. The molecular formula is C16H16N4O2. The maximum Gasteiger partial charge on any atom is 0.258 e. The molecule has 1 aromatic carbocycles. The van der Waals surface area contributed by atoms with E-state index in [1.54, 1.807) is 30.5 Å². The molecule has 0 saturated carbocycles. The smallest absolute Gasteiger partial charge is 0.258 e. The predicted octanol–water partition coefficient (Wildman–Crippen LogP) is 1.26. The van der Waals surface area contributed by atoms with E-state index in [2.05, 4.69) is 14.9 Å². The Labute approximate surface area is 128 Å². The topological polar surface area (TPSA) is 79.9 Å². The van der Waals surface area contributed by atoms with Crippen molar-refractivity contribution in [3.8, 4) is 11.8 Å². The van der Waals surface area contributed by atoms with Gasteiger partial charge in [-0.05, 0) is 30.7 Å². The third-order valence-electron chi connectivity index (χ3n) is 3.65. The highest BCUT2D eigenvalue weighted by Crippen LogP contribution is 2.14. The third-order valence-corrected chi connectivity index (χ3v) is 3.65. The number of carbonyl (C=O) groups excluding carboxylic acids is 1. The van der Waals surface area contributed by atoms with Gasteiger partial charge in [-0.1, -0.05) is 0 Å². The third kappa shape index (κ3) is 3.26. The molecule has 22 heavy (non-hydrogen) atoms. The largest absolute Gasteiger partial charge is 0.484 e. The van der Waals surface area contributed by atoms with Crippen LogP contribution in [0.5, 0.6) is 5.75 Å². The molecule has 3 rings (SSSR count). The van der Waals surface area contributed by atoms with E-state index in [4.69, 9.17) is 10.00 Å². The summed E-state index contributed by atoms with van der Waals surface area (Å²) in [5, 5.41) is 11.7. The van der Waals surface area contributed by atoms with Crippen LogP contribution in [0.2, 0.25) is 0 Å². The van der Waals surface area contributed by atoms with Crippen LogP contribution < -0.4 is 10.1 Å². The molecular weight excluding hydrogens is 280 g/mol. The average molecular weight is 296 g/mol. The summed E-state index contributed by atoms with van der Waals surface area (Å²) in [6.07, 6.45) is 5.47. The molecule has 6 heteroatoms. The van der Waals surface area contributed by atoms with Gasteiger partial charge in [-0.25, -0.2) is 4.98 Å². The van der Waals surface area contributed by atoms with Gasteiger partial charge in [0.2, 0.25) is 0 Å². The average Bonchev–Trinajstić information content (AvgIpc) is 3.01. The summed E-state index contributed by atoms with van der Waals surface area (Å²) in [5.74, 6) is 1.51. The van der Waals surface area contributed by atoms with Crippen molar-refractivity contribution in [1.29, 1.82) is 5.26 Å². The second-order valence-electron chi connectivity index (χ2n) is 5.22. The fraction of sp³-hybridized carbons (Fsp3) is 0.312. The number of fused-ring (bicyclic) bond motifs is 1. The van der Waals surface area contributed by atoms with Crippen LogP contribution in [0, 0.1) is 11.3 Å². The number of nitriles is 1. The Morgan fingerprint density at radius 1 is 1.45 bits per heavy atom. The first kappa shape index (κ1) is 14.1. The van der Waals surface area contributed by atoms with Crippen LogP contribution in [-0.2, 0) is 17.8 Å². The Morgan fingerprint density at radius 3 is 3.05 bits per heavy atom. The molecule has 1 amide bonds. The number of aryl methyl sites for hydroxylation is 1. The summed E-state index contributed by atoms with van der Waals surface area (Å²) in [6, 6.07) is 8.84. The van der Waals surface area contributed by atoms with Crippen molar-refractivity contribution in [2.75, 3.05) is 6.61 Å². The molecule has 112 valence electrons. The molecule has 1 atom stereocenters. The number of nitrogens with zero attached hydrogens (tertiary/aromatic N) is 3. The van der Waals surface area contributed by atoms with Crippen LogP contribution in [0.3, 0.4) is 0 Å². The minimum Gasteiger partial charge on any atom is -0.484 e. The normalized spacial score (nSPS) is 16.4. The van der Waals surface area contributed by atoms with E-state index in [1.165, 1.54) is 0 Å². The Morgan fingerprint density at radius 2 is 2.27 bits per heavy atom. The second-order valence-corrected chi connectivity index (χ2v) is 5.22. The van der Waals surface area contributed by atoms with Gasteiger partial charge in [-0.15, -0.1) is 0 Å². The number of rotatable bonds is 4. The summed E-state index contributed by atoms with van der Waals surface area (Å²) in [5.41, 5.74) is 0.565. The maximum absolute atomic E-state index is 11.9. The first-order valence-electron chi connectivity index (χ1n) is 7.17. The lowest BCUT2D eigenvalue weighted by Gasteiger charge is -2.24. The standard InChI is InChI=1S/C16H16N4O2/c17-9-12-1-4-14(5-2-12)22-11-16(21)19-13-3-6-15-18-7-8-20(15)10-13/h1-2,4-5,7-8,13H,3,6,10-11H2,(H,19,21)/t13-/m0/s1. The number of hydrogen-bond acceptors (Lipinski definition) is 4. The molecule has 6 nitrogen and oxygen atoms in total. The number of hydrogen-bond donors (Lipinski definition) is 1. The molecule has 0 unspecified atom stereocenters. The molecule has 0 spiro atoms. The number of imidazole rings is 1. The van der Waals surface area contributed by atoms with Gasteiger partial charge in [0.1, 0.15) is 11.6 Å². The molecule has 2 aromatic rings. The minimum atomic E-state index is -0.141. The highest BCUT2D eigenvalue weighted by molar-refractivity contribution is 5.77. The number of amides is 1. The van der Waals surface area contributed by atoms with E-state index < -0.39 is 0 Å². The van der Waals surface area contributed by atoms with Gasteiger partial charge in [0, 0.05) is 31.4 Å². The predicted molar refractivity (Wildman–Crippen MR) is 79.1 cm³/mol. The summed E-state index contributed by atoms with van der Waals surface area (Å²) >= 11 is 0. The van der Waals surface area contributed by atoms with Crippen LogP contribution >= 0.6 is 0 Å². The monoisotopic (exact) mass is 296 g/mol. The van der Waals surface area contributed by atoms with E-state index in [0.29, 0.717) is 11.3 Å². The van der Waals surface area contributed by atoms with Crippen molar-refractivity contribution in [3.05, 3.63) is 48.0 Å². The lowest BCUT2D eigenvalue weighted by atomic mass is 10.1. The molecule has 0 aliphatic carbocycles. The van der Waals surface area contributed by atoms with Crippen molar-refractivity contribution in [2.45, 2.75) is 25.4 Å². The van der Waals surface area contributed by atoms with Gasteiger partial charge < -0.3 is 14.6 Å². The molecule has 1 aliphatic heterocycles. The first-order chi connectivity index (χ1) is 10.7. The summed E-state index contributed by atoms with van der Waals surface area (Å²) < 4.78 is 7.49. The van der Waals surface area contributed by atoms with Crippen molar-refractivity contribution in [1.82, 2.24) is 14.9 Å².